The average molecular weight is 642 g/mol. The number of benzene rings is 3. The van der Waals surface area contributed by atoms with Gasteiger partial charge >= 0.3 is 12.1 Å². The van der Waals surface area contributed by atoms with E-state index in [-0.39, 0.29) is 22.2 Å². The number of nitrogens with zero attached hydrogens (tertiary/aromatic N) is 1. The van der Waals surface area contributed by atoms with Crippen LogP contribution < -0.4 is 15.4 Å². The van der Waals surface area contributed by atoms with Crippen molar-refractivity contribution in [3.05, 3.63) is 86.2 Å². The highest BCUT2D eigenvalue weighted by Crippen LogP contribution is 2.45. The lowest BCUT2D eigenvalue weighted by Crippen LogP contribution is -2.43. The standard InChI is InChI=1S/C29H22Cl2F5N3O4/c1-13(29(34,35)36)38-16-11-21(32)25(22(33)12-16)27(40)39-23(28(41)42)8-14-5-6-18(26-17(14)4-3-7-43-26)24-19(30)9-15(37-2)10-20(24)31/h5-6,9-13,23,38H,3-4,7-8H2,1H3,(H,39,40)(H,41,42)/t13-,23+/m1/s1. The van der Waals surface area contributed by atoms with Crippen molar-refractivity contribution in [2.45, 2.75) is 44.4 Å². The molecule has 0 bridgehead atoms. The number of rotatable bonds is 8. The first-order chi connectivity index (χ1) is 20.2. The Morgan fingerprint density at radius 2 is 1.74 bits per heavy atom. The molecule has 3 aromatic carbocycles. The number of alkyl halides is 3. The second kappa shape index (κ2) is 12.7. The number of nitrogens with one attached hydrogen (secondary N) is 2. The number of carbonyl (C=O) groups excluding carboxylic acids is 1. The van der Waals surface area contributed by atoms with E-state index < -0.39 is 53.0 Å². The normalized spacial score (nSPS) is 14.1. The second-order valence-electron chi connectivity index (χ2n) is 9.72. The van der Waals surface area contributed by atoms with Crippen molar-refractivity contribution in [2.24, 2.45) is 0 Å². The van der Waals surface area contributed by atoms with Crippen molar-refractivity contribution < 1.29 is 41.4 Å². The number of carboxylic acids is 1. The Bertz CT molecular complexity index is 1600. The predicted molar refractivity (Wildman–Crippen MR) is 150 cm³/mol. The number of hydrogen-bond donors (Lipinski definition) is 3. The lowest BCUT2D eigenvalue weighted by atomic mass is 9.90. The van der Waals surface area contributed by atoms with Crippen LogP contribution in [0.1, 0.15) is 34.8 Å². The number of amides is 1. The van der Waals surface area contributed by atoms with Crippen LogP contribution in [0.5, 0.6) is 5.75 Å². The Morgan fingerprint density at radius 3 is 2.30 bits per heavy atom. The summed E-state index contributed by atoms with van der Waals surface area (Å²) in [6.45, 7) is 8.29. The van der Waals surface area contributed by atoms with Gasteiger partial charge in [-0.05, 0) is 55.2 Å². The summed E-state index contributed by atoms with van der Waals surface area (Å²) in [7, 11) is 0. The van der Waals surface area contributed by atoms with E-state index in [1.54, 1.807) is 12.1 Å². The Morgan fingerprint density at radius 1 is 1.12 bits per heavy atom. The van der Waals surface area contributed by atoms with Crippen LogP contribution in [0.3, 0.4) is 0 Å². The summed E-state index contributed by atoms with van der Waals surface area (Å²) in [6.07, 6.45) is -3.92. The molecule has 0 saturated heterocycles. The van der Waals surface area contributed by atoms with Crippen LogP contribution in [0.25, 0.3) is 16.0 Å². The fraction of sp³-hybridized carbons (Fsp3) is 0.276. The summed E-state index contributed by atoms with van der Waals surface area (Å²) in [4.78, 5) is 28.2. The third-order valence-electron chi connectivity index (χ3n) is 6.77. The van der Waals surface area contributed by atoms with E-state index in [1.807, 2.05) is 5.32 Å². The molecule has 4 rings (SSSR count). The highest BCUT2D eigenvalue weighted by molar-refractivity contribution is 6.39. The Labute approximate surface area is 252 Å². The van der Waals surface area contributed by atoms with Gasteiger partial charge in [-0.15, -0.1) is 0 Å². The molecule has 1 aliphatic heterocycles. The zero-order valence-electron chi connectivity index (χ0n) is 22.2. The first kappa shape index (κ1) is 31.8. The number of ether oxygens (including phenoxy) is 1. The maximum atomic E-state index is 14.7. The maximum absolute atomic E-state index is 14.7. The van der Waals surface area contributed by atoms with E-state index in [2.05, 4.69) is 10.2 Å². The molecule has 43 heavy (non-hydrogen) atoms. The number of carbonyl (C=O) groups is 2. The Balaban J connectivity index is 1.62. The van der Waals surface area contributed by atoms with Gasteiger partial charge in [0.15, 0.2) is 5.69 Å². The molecule has 3 N–H and O–H groups in total. The minimum Gasteiger partial charge on any atom is -0.493 e. The molecule has 3 aromatic rings. The van der Waals surface area contributed by atoms with Crippen LogP contribution in [0.15, 0.2) is 36.4 Å². The van der Waals surface area contributed by atoms with E-state index in [4.69, 9.17) is 34.5 Å². The third-order valence-corrected chi connectivity index (χ3v) is 7.37. The Kier molecular flexibility index (Phi) is 9.37. The molecule has 0 fully saturated rings. The van der Waals surface area contributed by atoms with Crippen LogP contribution in [0.4, 0.5) is 33.3 Å². The van der Waals surface area contributed by atoms with Gasteiger partial charge in [-0.25, -0.2) is 18.4 Å². The molecular formula is C29H22Cl2F5N3O4. The highest BCUT2D eigenvalue weighted by Gasteiger charge is 2.36. The lowest BCUT2D eigenvalue weighted by Gasteiger charge is -2.25. The summed E-state index contributed by atoms with van der Waals surface area (Å²) in [5, 5.41) is 14.3. The van der Waals surface area contributed by atoms with Crippen molar-refractivity contribution in [1.29, 1.82) is 0 Å². The number of carboxylic acid groups (broad SMARTS) is 1. The zero-order valence-corrected chi connectivity index (χ0v) is 23.7. The predicted octanol–water partition coefficient (Wildman–Crippen LogP) is 7.60. The summed E-state index contributed by atoms with van der Waals surface area (Å²) in [5.74, 6) is -5.47. The molecule has 226 valence electrons. The minimum absolute atomic E-state index is 0.205. The molecule has 1 heterocycles. The van der Waals surface area contributed by atoms with E-state index in [0.717, 1.165) is 6.92 Å². The fourth-order valence-corrected chi connectivity index (χ4v) is 5.34. The number of anilines is 1. The molecule has 2 atom stereocenters. The monoisotopic (exact) mass is 641 g/mol. The fourth-order valence-electron chi connectivity index (χ4n) is 4.66. The van der Waals surface area contributed by atoms with E-state index in [0.29, 0.717) is 59.6 Å². The van der Waals surface area contributed by atoms with Crippen LogP contribution in [0.2, 0.25) is 10.0 Å². The van der Waals surface area contributed by atoms with Gasteiger partial charge in [-0.1, -0.05) is 35.3 Å². The first-order valence-corrected chi connectivity index (χ1v) is 13.5. The molecule has 0 aliphatic carbocycles. The number of fused-ring (bicyclic) bond motifs is 1. The molecule has 0 unspecified atom stereocenters. The smallest absolute Gasteiger partial charge is 0.408 e. The van der Waals surface area contributed by atoms with Crippen LogP contribution in [-0.4, -0.2) is 41.8 Å². The maximum Gasteiger partial charge on any atom is 0.408 e. The van der Waals surface area contributed by atoms with E-state index in [9.17, 15) is 36.6 Å². The Hall–Kier alpha value is -4.08. The van der Waals surface area contributed by atoms with Crippen LogP contribution >= 0.6 is 23.2 Å². The summed E-state index contributed by atoms with van der Waals surface area (Å²) in [5.41, 5.74) is 0.552. The lowest BCUT2D eigenvalue weighted by molar-refractivity contribution is -0.139. The largest absolute Gasteiger partial charge is 0.493 e. The van der Waals surface area contributed by atoms with Gasteiger partial charge in [-0.3, -0.25) is 4.79 Å². The van der Waals surface area contributed by atoms with Crippen LogP contribution in [0, 0.1) is 18.2 Å². The minimum atomic E-state index is -4.69. The van der Waals surface area contributed by atoms with Gasteiger partial charge in [0.05, 0.1) is 13.2 Å². The topological polar surface area (TPSA) is 92.0 Å². The zero-order chi connectivity index (χ0) is 31.6. The molecule has 7 nitrogen and oxygen atoms in total. The van der Waals surface area contributed by atoms with Crippen molar-refractivity contribution in [3.63, 3.8) is 0 Å². The van der Waals surface area contributed by atoms with Gasteiger partial charge in [-0.2, -0.15) is 13.2 Å². The van der Waals surface area contributed by atoms with Gasteiger partial charge < -0.3 is 20.5 Å². The average Bonchev–Trinajstić information content (AvgIpc) is 2.92. The number of halogens is 7. The molecular weight excluding hydrogens is 620 g/mol. The molecule has 1 aliphatic rings. The van der Waals surface area contributed by atoms with Crippen molar-refractivity contribution in [2.75, 3.05) is 11.9 Å². The first-order valence-electron chi connectivity index (χ1n) is 12.7. The molecule has 0 radical (unpaired) electrons. The molecule has 0 spiro atoms. The summed E-state index contributed by atoms with van der Waals surface area (Å²) in [6, 6.07) is 3.37. The van der Waals surface area contributed by atoms with Crippen molar-refractivity contribution in [3.8, 4) is 16.9 Å². The van der Waals surface area contributed by atoms with Crippen molar-refractivity contribution >= 4 is 46.5 Å². The van der Waals surface area contributed by atoms with Gasteiger partial charge in [0.1, 0.15) is 35.0 Å². The van der Waals surface area contributed by atoms with Crippen molar-refractivity contribution in [1.82, 2.24) is 5.32 Å². The molecule has 1 amide bonds. The number of hydrogen-bond acceptors (Lipinski definition) is 4. The van der Waals surface area contributed by atoms with Gasteiger partial charge in [0, 0.05) is 33.3 Å². The van der Waals surface area contributed by atoms with E-state index in [1.165, 1.54) is 12.1 Å². The molecule has 14 heteroatoms. The summed E-state index contributed by atoms with van der Waals surface area (Å²) >= 11 is 12.9. The SMILES string of the molecule is [C-]#[N+]c1cc(Cl)c(-c2ccc(C[C@H](NC(=O)c3c(F)cc(N[C@H](C)C(F)(F)F)cc3F)C(=O)O)c3c2OCCC3)c(Cl)c1. The van der Waals surface area contributed by atoms with Gasteiger partial charge in [0.2, 0.25) is 0 Å². The highest BCUT2D eigenvalue weighted by atomic mass is 35.5. The van der Waals surface area contributed by atoms with Gasteiger partial charge in [0.25, 0.3) is 5.91 Å². The van der Waals surface area contributed by atoms with Crippen LogP contribution in [-0.2, 0) is 17.6 Å². The summed E-state index contributed by atoms with van der Waals surface area (Å²) < 4.78 is 73.8. The third kappa shape index (κ3) is 6.95. The number of aliphatic carboxylic acids is 1. The quantitative estimate of drug-likeness (QED) is 0.174. The second-order valence-corrected chi connectivity index (χ2v) is 10.5. The van der Waals surface area contributed by atoms with E-state index >= 15 is 0 Å². The molecule has 0 saturated carbocycles. The molecule has 0 aromatic heterocycles.